The smallest absolute Gasteiger partial charge is 0.247 e. The topological polar surface area (TPSA) is 73.9 Å². The summed E-state index contributed by atoms with van der Waals surface area (Å²) in [4.78, 5) is 28.8. The normalized spacial score (nSPS) is 23.6. The first-order chi connectivity index (χ1) is 15.1. The molecule has 31 heavy (non-hydrogen) atoms. The molecule has 2 aliphatic heterocycles. The van der Waals surface area contributed by atoms with Crippen molar-refractivity contribution in [3.8, 4) is 0 Å². The number of nitrogens with zero attached hydrogens (tertiary/aromatic N) is 2. The summed E-state index contributed by atoms with van der Waals surface area (Å²) < 4.78 is 5.24. The highest BCUT2D eigenvalue weighted by molar-refractivity contribution is 6.00. The average Bonchev–Trinajstić information content (AvgIpc) is 3.14. The van der Waals surface area contributed by atoms with E-state index in [1.165, 1.54) is 0 Å². The quantitative estimate of drug-likeness (QED) is 0.716. The Hall–Kier alpha value is -2.74. The SMILES string of the molecule is CCc1ccccc1NC(=O)C1CN(CCOC)CC2C(=O)N(c3ccccc3)NC12. The number of piperidine rings is 1. The van der Waals surface area contributed by atoms with Gasteiger partial charge in [0.15, 0.2) is 0 Å². The fraction of sp³-hybridized carbons (Fsp3) is 0.417. The van der Waals surface area contributed by atoms with Crippen LogP contribution in [0, 0.1) is 11.8 Å². The van der Waals surface area contributed by atoms with E-state index in [9.17, 15) is 9.59 Å². The molecule has 2 amide bonds. The molecule has 2 heterocycles. The van der Waals surface area contributed by atoms with Crippen molar-refractivity contribution >= 4 is 23.2 Å². The molecule has 4 rings (SSSR count). The summed E-state index contributed by atoms with van der Waals surface area (Å²) in [7, 11) is 1.66. The van der Waals surface area contributed by atoms with Crippen molar-refractivity contribution in [1.29, 1.82) is 0 Å². The van der Waals surface area contributed by atoms with Crippen LogP contribution in [-0.4, -0.2) is 56.1 Å². The van der Waals surface area contributed by atoms with Gasteiger partial charge >= 0.3 is 0 Å². The van der Waals surface area contributed by atoms with E-state index in [0.29, 0.717) is 26.2 Å². The molecule has 7 heteroatoms. The molecule has 2 aliphatic rings. The van der Waals surface area contributed by atoms with E-state index in [1.54, 1.807) is 12.1 Å². The minimum absolute atomic E-state index is 0.00470. The van der Waals surface area contributed by atoms with Crippen molar-refractivity contribution in [2.75, 3.05) is 43.7 Å². The zero-order valence-corrected chi connectivity index (χ0v) is 18.1. The number of hydrazine groups is 1. The second-order valence-corrected chi connectivity index (χ2v) is 8.13. The van der Waals surface area contributed by atoms with Crippen molar-refractivity contribution in [2.24, 2.45) is 11.8 Å². The lowest BCUT2D eigenvalue weighted by molar-refractivity contribution is -0.126. The van der Waals surface area contributed by atoms with E-state index < -0.39 is 0 Å². The molecule has 0 saturated carbocycles. The number of carbonyl (C=O) groups excluding carboxylic acids is 2. The number of ether oxygens (including phenoxy) is 1. The van der Waals surface area contributed by atoms with E-state index in [1.807, 2.05) is 54.6 Å². The molecule has 2 aromatic rings. The molecule has 0 bridgehead atoms. The molecule has 164 valence electrons. The molecule has 0 spiro atoms. The first-order valence-electron chi connectivity index (χ1n) is 10.9. The molecule has 3 unspecified atom stereocenters. The number of methoxy groups -OCH3 is 1. The molecule has 7 nitrogen and oxygen atoms in total. The van der Waals surface area contributed by atoms with E-state index in [0.717, 1.165) is 23.4 Å². The highest BCUT2D eigenvalue weighted by Gasteiger charge is 2.50. The van der Waals surface area contributed by atoms with E-state index >= 15 is 0 Å². The summed E-state index contributed by atoms with van der Waals surface area (Å²) in [6, 6.07) is 17.2. The Morgan fingerprint density at radius 2 is 1.87 bits per heavy atom. The van der Waals surface area contributed by atoms with Crippen LogP contribution in [0.15, 0.2) is 54.6 Å². The highest BCUT2D eigenvalue weighted by atomic mass is 16.5. The number of hydrogen-bond donors (Lipinski definition) is 2. The van der Waals surface area contributed by atoms with Gasteiger partial charge in [-0.2, -0.15) is 0 Å². The Balaban J connectivity index is 1.58. The van der Waals surface area contributed by atoms with Gasteiger partial charge in [0.1, 0.15) is 0 Å². The minimum atomic E-state index is -0.363. The second kappa shape index (κ2) is 9.60. The predicted molar refractivity (Wildman–Crippen MR) is 121 cm³/mol. The van der Waals surface area contributed by atoms with Crippen molar-refractivity contribution in [2.45, 2.75) is 19.4 Å². The Morgan fingerprint density at radius 1 is 1.13 bits per heavy atom. The highest BCUT2D eigenvalue weighted by Crippen LogP contribution is 2.32. The van der Waals surface area contributed by atoms with Gasteiger partial charge in [-0.25, -0.2) is 10.4 Å². The van der Waals surface area contributed by atoms with Crippen molar-refractivity contribution < 1.29 is 14.3 Å². The van der Waals surface area contributed by atoms with Crippen LogP contribution >= 0.6 is 0 Å². The van der Waals surface area contributed by atoms with Gasteiger partial charge in [-0.15, -0.1) is 0 Å². The van der Waals surface area contributed by atoms with Gasteiger partial charge in [0.2, 0.25) is 11.8 Å². The zero-order valence-electron chi connectivity index (χ0n) is 18.1. The Labute approximate surface area is 183 Å². The van der Waals surface area contributed by atoms with E-state index in [-0.39, 0.29) is 29.7 Å². The lowest BCUT2D eigenvalue weighted by atomic mass is 9.84. The number of amides is 2. The number of aryl methyl sites for hydroxylation is 1. The molecular formula is C24H30N4O3. The van der Waals surface area contributed by atoms with Gasteiger partial charge in [-0.1, -0.05) is 43.3 Å². The summed E-state index contributed by atoms with van der Waals surface area (Å²) in [6.07, 6.45) is 0.839. The maximum absolute atomic E-state index is 13.4. The third kappa shape index (κ3) is 4.49. The van der Waals surface area contributed by atoms with Crippen molar-refractivity contribution in [1.82, 2.24) is 10.3 Å². The second-order valence-electron chi connectivity index (χ2n) is 8.13. The first-order valence-corrected chi connectivity index (χ1v) is 10.9. The third-order valence-electron chi connectivity index (χ3n) is 6.21. The molecule has 2 aromatic carbocycles. The predicted octanol–water partition coefficient (Wildman–Crippen LogP) is 2.30. The van der Waals surface area contributed by atoms with Gasteiger partial charge in [0, 0.05) is 32.4 Å². The number of nitrogens with one attached hydrogen (secondary N) is 2. The summed E-state index contributed by atoms with van der Waals surface area (Å²) in [5, 5.41) is 4.73. The van der Waals surface area contributed by atoms with Gasteiger partial charge in [0.05, 0.1) is 30.2 Å². The molecule has 0 aromatic heterocycles. The van der Waals surface area contributed by atoms with Crippen molar-refractivity contribution in [3.05, 3.63) is 60.2 Å². The lowest BCUT2D eigenvalue weighted by Crippen LogP contribution is -2.56. The molecule has 2 N–H and O–H groups in total. The first kappa shape index (κ1) is 21.5. The summed E-state index contributed by atoms with van der Waals surface area (Å²) in [5.74, 6) is -0.709. The van der Waals surface area contributed by atoms with Crippen molar-refractivity contribution in [3.63, 3.8) is 0 Å². The Morgan fingerprint density at radius 3 is 2.61 bits per heavy atom. The van der Waals surface area contributed by atoms with Crippen LogP contribution in [0.25, 0.3) is 0 Å². The Bertz CT molecular complexity index is 920. The van der Waals surface area contributed by atoms with Gasteiger partial charge < -0.3 is 10.1 Å². The fourth-order valence-corrected chi connectivity index (χ4v) is 4.53. The van der Waals surface area contributed by atoms with Crippen LogP contribution in [0.3, 0.4) is 0 Å². The molecule has 3 atom stereocenters. The molecule has 2 saturated heterocycles. The average molecular weight is 423 g/mol. The number of likely N-dealkylation sites (tertiary alicyclic amines) is 1. The number of benzene rings is 2. The zero-order chi connectivity index (χ0) is 21.8. The van der Waals surface area contributed by atoms with Crippen LogP contribution in [0.5, 0.6) is 0 Å². The van der Waals surface area contributed by atoms with E-state index in [4.69, 9.17) is 4.74 Å². The number of hydrogen-bond acceptors (Lipinski definition) is 5. The standard InChI is InChI=1S/C24H30N4O3/c1-3-17-9-7-8-12-21(17)25-23(29)19-15-27(13-14-31-2)16-20-22(19)26-28(24(20)30)18-10-5-4-6-11-18/h4-12,19-20,22,26H,3,13-16H2,1-2H3,(H,25,29). The van der Waals surface area contributed by atoms with Crippen LogP contribution < -0.4 is 15.8 Å². The number of para-hydroxylation sites is 2. The van der Waals surface area contributed by atoms with E-state index in [2.05, 4.69) is 22.6 Å². The van der Waals surface area contributed by atoms with Crippen LogP contribution in [0.4, 0.5) is 11.4 Å². The fourth-order valence-electron chi connectivity index (χ4n) is 4.53. The monoisotopic (exact) mass is 422 g/mol. The number of carbonyl (C=O) groups is 2. The third-order valence-corrected chi connectivity index (χ3v) is 6.21. The molecule has 2 fully saturated rings. The van der Waals surface area contributed by atoms with Gasteiger partial charge in [0.25, 0.3) is 0 Å². The van der Waals surface area contributed by atoms with Gasteiger partial charge in [-0.3, -0.25) is 14.5 Å². The van der Waals surface area contributed by atoms with Crippen LogP contribution in [0.2, 0.25) is 0 Å². The van der Waals surface area contributed by atoms with Crippen LogP contribution in [-0.2, 0) is 20.7 Å². The summed E-state index contributed by atoms with van der Waals surface area (Å²) >= 11 is 0. The number of anilines is 2. The summed E-state index contributed by atoms with van der Waals surface area (Å²) in [6.45, 7) is 4.51. The Kier molecular flexibility index (Phi) is 6.65. The molecule has 0 radical (unpaired) electrons. The van der Waals surface area contributed by atoms with Crippen LogP contribution in [0.1, 0.15) is 12.5 Å². The molecular weight excluding hydrogens is 392 g/mol. The summed E-state index contributed by atoms with van der Waals surface area (Å²) in [5.41, 5.74) is 6.07. The maximum Gasteiger partial charge on any atom is 0.247 e. The molecule has 0 aliphatic carbocycles. The number of fused-ring (bicyclic) bond motifs is 1. The number of rotatable bonds is 7. The lowest BCUT2D eigenvalue weighted by Gasteiger charge is -2.38. The largest absolute Gasteiger partial charge is 0.383 e. The van der Waals surface area contributed by atoms with Gasteiger partial charge in [-0.05, 0) is 30.2 Å². The maximum atomic E-state index is 13.4. The minimum Gasteiger partial charge on any atom is -0.383 e.